The minimum absolute atomic E-state index is 0.0800. The minimum Gasteiger partial charge on any atom is -0.504 e. The molecule has 0 fully saturated rings. The molecule has 1 aromatic heterocycles. The minimum atomic E-state index is 0.0800. The van der Waals surface area contributed by atoms with Crippen LogP contribution in [0.3, 0.4) is 0 Å². The van der Waals surface area contributed by atoms with E-state index in [0.717, 1.165) is 11.1 Å². The van der Waals surface area contributed by atoms with Crippen LogP contribution in [0.4, 0.5) is 5.88 Å². The summed E-state index contributed by atoms with van der Waals surface area (Å²) in [5.41, 5.74) is 1.98. The molecule has 21 heavy (non-hydrogen) atoms. The lowest BCUT2D eigenvalue weighted by Gasteiger charge is -2.05. The van der Waals surface area contributed by atoms with E-state index in [0.29, 0.717) is 29.6 Å². The molecule has 0 aliphatic rings. The van der Waals surface area contributed by atoms with Gasteiger partial charge in [0.2, 0.25) is 5.88 Å². The number of furan rings is 1. The summed E-state index contributed by atoms with van der Waals surface area (Å²) in [5, 5.41) is 18.8. The molecule has 0 atom stereocenters. The summed E-state index contributed by atoms with van der Waals surface area (Å²) in [4.78, 5) is 4.21. The normalized spacial score (nSPS) is 10.8. The van der Waals surface area contributed by atoms with E-state index in [4.69, 9.17) is 14.4 Å². The van der Waals surface area contributed by atoms with Crippen LogP contribution in [-0.2, 0) is 0 Å². The third-order valence-electron chi connectivity index (χ3n) is 3.09. The van der Waals surface area contributed by atoms with Gasteiger partial charge >= 0.3 is 0 Å². The smallest absolute Gasteiger partial charge is 0.237 e. The van der Waals surface area contributed by atoms with Crippen LogP contribution >= 0.6 is 0 Å². The Morgan fingerprint density at radius 2 is 2.19 bits per heavy atom. The van der Waals surface area contributed by atoms with Gasteiger partial charge in [-0.25, -0.2) is 4.99 Å². The molecular formula is C16H16N2O3. The lowest BCUT2D eigenvalue weighted by Crippen LogP contribution is -1.93. The highest BCUT2D eigenvalue weighted by Crippen LogP contribution is 2.29. The standard InChI is InChI=1S/C16H16N2O3/c1-4-20-15-7-12(5-6-14(15)19)9-18-16-13(8-17)10(2)11(3)21-16/h5-7,9,19H,4H2,1-3H3/b18-9+. The van der Waals surface area contributed by atoms with Gasteiger partial charge < -0.3 is 14.3 Å². The van der Waals surface area contributed by atoms with Crippen molar-refractivity contribution >= 4 is 12.1 Å². The first kappa shape index (κ1) is 14.7. The highest BCUT2D eigenvalue weighted by molar-refractivity contribution is 5.83. The summed E-state index contributed by atoms with van der Waals surface area (Å²) in [6, 6.07) is 7.01. The Morgan fingerprint density at radius 1 is 1.43 bits per heavy atom. The Balaban J connectivity index is 2.32. The van der Waals surface area contributed by atoms with Crippen LogP contribution in [-0.4, -0.2) is 17.9 Å². The van der Waals surface area contributed by atoms with Crippen molar-refractivity contribution in [2.24, 2.45) is 4.99 Å². The Morgan fingerprint density at radius 3 is 2.86 bits per heavy atom. The molecule has 0 saturated carbocycles. The maximum atomic E-state index is 9.64. The summed E-state index contributed by atoms with van der Waals surface area (Å²) in [7, 11) is 0. The van der Waals surface area contributed by atoms with Crippen molar-refractivity contribution in [2.45, 2.75) is 20.8 Å². The fourth-order valence-corrected chi connectivity index (χ4v) is 1.85. The van der Waals surface area contributed by atoms with Crippen LogP contribution in [0.25, 0.3) is 0 Å². The molecular weight excluding hydrogens is 268 g/mol. The zero-order valence-corrected chi connectivity index (χ0v) is 12.2. The molecule has 0 spiro atoms. The van der Waals surface area contributed by atoms with Crippen LogP contribution in [0.2, 0.25) is 0 Å². The summed E-state index contributed by atoms with van der Waals surface area (Å²) < 4.78 is 10.8. The number of aliphatic imine (C=N–C) groups is 1. The number of benzene rings is 1. The molecule has 1 N–H and O–H groups in total. The Hall–Kier alpha value is -2.74. The Labute approximate surface area is 123 Å². The number of hydrogen-bond donors (Lipinski definition) is 1. The van der Waals surface area contributed by atoms with Crippen molar-refractivity contribution in [1.82, 2.24) is 0 Å². The molecule has 0 amide bonds. The number of rotatable bonds is 4. The van der Waals surface area contributed by atoms with E-state index < -0.39 is 0 Å². The number of phenolic OH excluding ortho intramolecular Hbond substituents is 1. The summed E-state index contributed by atoms with van der Waals surface area (Å²) in [5.74, 6) is 1.45. The number of nitrogens with zero attached hydrogens (tertiary/aromatic N) is 2. The van der Waals surface area contributed by atoms with Gasteiger partial charge in [-0.1, -0.05) is 0 Å². The van der Waals surface area contributed by atoms with Gasteiger partial charge in [0.05, 0.1) is 6.61 Å². The van der Waals surface area contributed by atoms with E-state index in [9.17, 15) is 5.11 Å². The third kappa shape index (κ3) is 3.06. The number of ether oxygens (including phenoxy) is 1. The summed E-state index contributed by atoms with van der Waals surface area (Å²) in [6.07, 6.45) is 1.57. The fourth-order valence-electron chi connectivity index (χ4n) is 1.85. The van der Waals surface area contributed by atoms with Crippen LogP contribution in [0, 0.1) is 25.2 Å². The van der Waals surface area contributed by atoms with Gasteiger partial charge in [0, 0.05) is 11.8 Å². The van der Waals surface area contributed by atoms with E-state index >= 15 is 0 Å². The average molecular weight is 284 g/mol. The number of nitriles is 1. The lowest BCUT2D eigenvalue weighted by molar-refractivity contribution is 0.318. The first-order valence-electron chi connectivity index (χ1n) is 6.56. The number of hydrogen-bond acceptors (Lipinski definition) is 5. The summed E-state index contributed by atoms with van der Waals surface area (Å²) in [6.45, 7) is 5.92. The van der Waals surface area contributed by atoms with Crippen molar-refractivity contribution < 1.29 is 14.3 Å². The molecule has 2 rings (SSSR count). The van der Waals surface area contributed by atoms with Gasteiger partial charge in [-0.05, 0) is 44.5 Å². The lowest BCUT2D eigenvalue weighted by atomic mass is 10.2. The van der Waals surface area contributed by atoms with Gasteiger partial charge in [0.1, 0.15) is 17.4 Å². The van der Waals surface area contributed by atoms with E-state index in [1.165, 1.54) is 6.07 Å². The quantitative estimate of drug-likeness (QED) is 0.869. The van der Waals surface area contributed by atoms with Gasteiger partial charge in [-0.2, -0.15) is 5.26 Å². The predicted octanol–water partition coefficient (Wildman–Crippen LogP) is 3.62. The second-order valence-corrected chi connectivity index (χ2v) is 4.49. The molecule has 5 nitrogen and oxygen atoms in total. The molecule has 1 aromatic carbocycles. The van der Waals surface area contributed by atoms with Crippen LogP contribution in [0.1, 0.15) is 29.4 Å². The number of phenols is 1. The van der Waals surface area contributed by atoms with Crippen molar-refractivity contribution in [2.75, 3.05) is 6.61 Å². The van der Waals surface area contributed by atoms with Crippen LogP contribution in [0.5, 0.6) is 11.5 Å². The SMILES string of the molecule is CCOc1cc(/C=N/c2oc(C)c(C)c2C#N)ccc1O. The zero-order chi connectivity index (χ0) is 15.4. The first-order chi connectivity index (χ1) is 10.1. The van der Waals surface area contributed by atoms with Gasteiger partial charge in [0.15, 0.2) is 11.5 Å². The maximum absolute atomic E-state index is 9.64. The molecule has 0 saturated heterocycles. The van der Waals surface area contributed by atoms with Gasteiger partial charge in [-0.15, -0.1) is 0 Å². The fraction of sp³-hybridized carbons (Fsp3) is 0.250. The molecule has 0 aliphatic carbocycles. The van der Waals surface area contributed by atoms with Crippen molar-refractivity contribution in [3.05, 3.63) is 40.6 Å². The molecule has 5 heteroatoms. The molecule has 2 aromatic rings. The highest BCUT2D eigenvalue weighted by Gasteiger charge is 2.13. The molecule has 1 heterocycles. The highest BCUT2D eigenvalue weighted by atomic mass is 16.5. The van der Waals surface area contributed by atoms with E-state index in [1.54, 1.807) is 25.3 Å². The number of aryl methyl sites for hydroxylation is 1. The zero-order valence-electron chi connectivity index (χ0n) is 12.2. The van der Waals surface area contributed by atoms with E-state index in [1.807, 2.05) is 13.8 Å². The van der Waals surface area contributed by atoms with Crippen molar-refractivity contribution in [3.8, 4) is 17.6 Å². The first-order valence-corrected chi connectivity index (χ1v) is 6.56. The van der Waals surface area contributed by atoms with Crippen LogP contribution < -0.4 is 4.74 Å². The van der Waals surface area contributed by atoms with Gasteiger partial charge in [0.25, 0.3) is 0 Å². The molecule has 0 unspecified atom stereocenters. The molecule has 0 bridgehead atoms. The monoisotopic (exact) mass is 284 g/mol. The van der Waals surface area contributed by atoms with Crippen LogP contribution in [0.15, 0.2) is 27.6 Å². The number of aromatic hydroxyl groups is 1. The molecule has 108 valence electrons. The predicted molar refractivity (Wildman–Crippen MR) is 79.4 cm³/mol. The second-order valence-electron chi connectivity index (χ2n) is 4.49. The molecule has 0 radical (unpaired) electrons. The van der Waals surface area contributed by atoms with Crippen molar-refractivity contribution in [1.29, 1.82) is 5.26 Å². The third-order valence-corrected chi connectivity index (χ3v) is 3.09. The van der Waals surface area contributed by atoms with Gasteiger partial charge in [-0.3, -0.25) is 0 Å². The maximum Gasteiger partial charge on any atom is 0.237 e. The average Bonchev–Trinajstić information content (AvgIpc) is 2.74. The van der Waals surface area contributed by atoms with Crippen molar-refractivity contribution in [3.63, 3.8) is 0 Å². The largest absolute Gasteiger partial charge is 0.504 e. The second kappa shape index (κ2) is 6.14. The summed E-state index contributed by atoms with van der Waals surface area (Å²) >= 11 is 0. The van der Waals surface area contributed by atoms with E-state index in [-0.39, 0.29) is 5.75 Å². The topological polar surface area (TPSA) is 78.8 Å². The Kier molecular flexibility index (Phi) is 4.29. The van der Waals surface area contributed by atoms with E-state index in [2.05, 4.69) is 11.1 Å². The molecule has 0 aliphatic heterocycles. The Bertz CT molecular complexity index is 724.